The molecule has 0 aliphatic carbocycles. The fourth-order valence-corrected chi connectivity index (χ4v) is 4.83. The van der Waals surface area contributed by atoms with Crippen LogP contribution in [-0.4, -0.2) is 34.9 Å². The molecule has 186 valence electrons. The highest BCUT2D eigenvalue weighted by atomic mass is 19.2. The molecule has 3 aromatic rings. The molecule has 1 atom stereocenters. The van der Waals surface area contributed by atoms with Crippen LogP contribution in [0.3, 0.4) is 0 Å². The Kier molecular flexibility index (Phi) is 6.49. The SMILES string of the molecule is O=C1CC(C(=O)Nc2ccc(F)c(F)c2)c2c(nc(N3CCC(Cc4ccccc4)CC3)[nH]c2=O)N1. The molecule has 2 aliphatic heterocycles. The number of hydrogen-bond donors (Lipinski definition) is 3. The molecule has 0 spiro atoms. The van der Waals surface area contributed by atoms with E-state index in [0.717, 1.165) is 31.4 Å². The molecular formula is C26H25F2N5O3. The monoisotopic (exact) mass is 493 g/mol. The van der Waals surface area contributed by atoms with Crippen molar-refractivity contribution in [1.82, 2.24) is 9.97 Å². The molecule has 2 aromatic carbocycles. The van der Waals surface area contributed by atoms with E-state index in [9.17, 15) is 23.2 Å². The Morgan fingerprint density at radius 3 is 2.53 bits per heavy atom. The maximum absolute atomic E-state index is 13.5. The molecular weight excluding hydrogens is 468 g/mol. The van der Waals surface area contributed by atoms with Crippen LogP contribution in [0.1, 0.15) is 36.3 Å². The van der Waals surface area contributed by atoms with Gasteiger partial charge < -0.3 is 15.5 Å². The predicted octanol–water partition coefficient (Wildman–Crippen LogP) is 3.57. The second kappa shape index (κ2) is 9.88. The summed E-state index contributed by atoms with van der Waals surface area (Å²) < 4.78 is 26.7. The number of carbonyl (C=O) groups is 2. The number of halogens is 2. The van der Waals surface area contributed by atoms with Gasteiger partial charge in [0.15, 0.2) is 11.6 Å². The molecule has 1 unspecified atom stereocenters. The largest absolute Gasteiger partial charge is 0.342 e. The molecule has 1 aromatic heterocycles. The van der Waals surface area contributed by atoms with Crippen molar-refractivity contribution in [3.05, 3.63) is 81.6 Å². The number of fused-ring (bicyclic) bond motifs is 1. The number of H-pyrrole nitrogens is 1. The molecule has 5 rings (SSSR count). The average molecular weight is 494 g/mol. The number of piperidine rings is 1. The van der Waals surface area contributed by atoms with E-state index in [4.69, 9.17) is 0 Å². The van der Waals surface area contributed by atoms with Crippen molar-refractivity contribution in [2.24, 2.45) is 5.92 Å². The number of rotatable bonds is 5. The molecule has 2 aliphatic rings. The van der Waals surface area contributed by atoms with Crippen molar-refractivity contribution >= 4 is 29.3 Å². The maximum Gasteiger partial charge on any atom is 0.258 e. The van der Waals surface area contributed by atoms with Gasteiger partial charge in [-0.2, -0.15) is 4.98 Å². The lowest BCUT2D eigenvalue weighted by atomic mass is 9.90. The highest BCUT2D eigenvalue weighted by Crippen LogP contribution is 2.31. The third kappa shape index (κ3) is 4.98. The van der Waals surface area contributed by atoms with E-state index in [1.165, 1.54) is 11.6 Å². The molecule has 1 fully saturated rings. The van der Waals surface area contributed by atoms with Crippen molar-refractivity contribution in [1.29, 1.82) is 0 Å². The molecule has 10 heteroatoms. The van der Waals surface area contributed by atoms with Gasteiger partial charge in [0.25, 0.3) is 5.56 Å². The van der Waals surface area contributed by atoms with Crippen molar-refractivity contribution in [2.75, 3.05) is 28.6 Å². The number of nitrogens with zero attached hydrogens (tertiary/aromatic N) is 2. The normalized spacial score (nSPS) is 17.9. The van der Waals surface area contributed by atoms with Crippen LogP contribution in [0.4, 0.5) is 26.2 Å². The quantitative estimate of drug-likeness (QED) is 0.504. The van der Waals surface area contributed by atoms with Crippen molar-refractivity contribution in [3.63, 3.8) is 0 Å². The zero-order chi connectivity index (χ0) is 25.2. The van der Waals surface area contributed by atoms with E-state index in [1.807, 2.05) is 23.1 Å². The third-order valence-electron chi connectivity index (χ3n) is 6.72. The minimum Gasteiger partial charge on any atom is -0.342 e. The van der Waals surface area contributed by atoms with Crippen LogP contribution in [0.5, 0.6) is 0 Å². The van der Waals surface area contributed by atoms with Crippen LogP contribution in [-0.2, 0) is 16.0 Å². The molecule has 3 heterocycles. The standard InChI is InChI=1S/C26H25F2N5O3/c27-19-7-6-17(13-20(19)28)29-24(35)18-14-21(34)30-23-22(18)25(36)32-26(31-23)33-10-8-16(9-11-33)12-15-4-2-1-3-5-15/h1-7,13,16,18H,8-12,14H2,(H,29,35)(H2,30,31,32,34,36). The minimum absolute atomic E-state index is 0.0193. The number of aromatic nitrogens is 2. The molecule has 0 bridgehead atoms. The van der Waals surface area contributed by atoms with Gasteiger partial charge >= 0.3 is 0 Å². The van der Waals surface area contributed by atoms with Gasteiger partial charge in [-0.1, -0.05) is 30.3 Å². The van der Waals surface area contributed by atoms with Crippen molar-refractivity contribution < 1.29 is 18.4 Å². The summed E-state index contributed by atoms with van der Waals surface area (Å²) in [4.78, 5) is 47.5. The first-order valence-electron chi connectivity index (χ1n) is 11.9. The van der Waals surface area contributed by atoms with Crippen LogP contribution in [0.15, 0.2) is 53.3 Å². The molecule has 0 saturated carbocycles. The number of carbonyl (C=O) groups excluding carboxylic acids is 2. The van der Waals surface area contributed by atoms with E-state index in [-0.39, 0.29) is 23.5 Å². The fraction of sp³-hybridized carbons (Fsp3) is 0.308. The number of hydrogen-bond acceptors (Lipinski definition) is 5. The average Bonchev–Trinajstić information content (AvgIpc) is 2.86. The summed E-state index contributed by atoms with van der Waals surface area (Å²) in [6, 6.07) is 13.2. The zero-order valence-electron chi connectivity index (χ0n) is 19.4. The van der Waals surface area contributed by atoms with Gasteiger partial charge in [0, 0.05) is 31.3 Å². The van der Waals surface area contributed by atoms with E-state index in [0.29, 0.717) is 25.0 Å². The molecule has 8 nitrogen and oxygen atoms in total. The van der Waals surface area contributed by atoms with Gasteiger partial charge in [-0.25, -0.2) is 8.78 Å². The summed E-state index contributed by atoms with van der Waals surface area (Å²) in [6.07, 6.45) is 2.59. The smallest absolute Gasteiger partial charge is 0.258 e. The minimum atomic E-state index is -1.12. The maximum atomic E-state index is 13.5. The number of anilines is 3. The Hall–Kier alpha value is -4.08. The number of amides is 2. The summed E-state index contributed by atoms with van der Waals surface area (Å²) >= 11 is 0. The van der Waals surface area contributed by atoms with Gasteiger partial charge in [0.1, 0.15) is 5.82 Å². The second-order valence-corrected chi connectivity index (χ2v) is 9.19. The van der Waals surface area contributed by atoms with Gasteiger partial charge in [0.2, 0.25) is 17.8 Å². The Balaban J connectivity index is 1.32. The first kappa shape index (κ1) is 23.7. The Morgan fingerprint density at radius 2 is 1.81 bits per heavy atom. The van der Waals surface area contributed by atoms with Crippen molar-refractivity contribution in [2.45, 2.75) is 31.6 Å². The van der Waals surface area contributed by atoms with E-state index >= 15 is 0 Å². The number of nitrogens with one attached hydrogen (secondary N) is 3. The van der Waals surface area contributed by atoms with Gasteiger partial charge in [-0.3, -0.25) is 19.4 Å². The Bertz CT molecular complexity index is 1350. The predicted molar refractivity (Wildman–Crippen MR) is 131 cm³/mol. The summed E-state index contributed by atoms with van der Waals surface area (Å²) in [5, 5.41) is 5.06. The van der Waals surface area contributed by atoms with Crippen LogP contribution >= 0.6 is 0 Å². The Morgan fingerprint density at radius 1 is 1.06 bits per heavy atom. The topological polar surface area (TPSA) is 107 Å². The van der Waals surface area contributed by atoms with Crippen molar-refractivity contribution in [3.8, 4) is 0 Å². The van der Waals surface area contributed by atoms with Gasteiger partial charge in [0.05, 0.1) is 11.5 Å². The summed E-state index contributed by atoms with van der Waals surface area (Å²) in [5.74, 6) is -3.52. The highest BCUT2D eigenvalue weighted by molar-refractivity contribution is 6.04. The lowest BCUT2D eigenvalue weighted by Crippen LogP contribution is -2.40. The van der Waals surface area contributed by atoms with Gasteiger partial charge in [-0.05, 0) is 42.9 Å². The highest BCUT2D eigenvalue weighted by Gasteiger charge is 2.35. The Labute approximate surface area is 205 Å². The summed E-state index contributed by atoms with van der Waals surface area (Å²) in [6.45, 7) is 1.40. The first-order chi connectivity index (χ1) is 17.4. The van der Waals surface area contributed by atoms with Crippen LogP contribution < -0.4 is 21.1 Å². The molecule has 36 heavy (non-hydrogen) atoms. The molecule has 0 radical (unpaired) electrons. The molecule has 2 amide bonds. The van der Waals surface area contributed by atoms with E-state index < -0.39 is 34.9 Å². The second-order valence-electron chi connectivity index (χ2n) is 9.19. The number of benzene rings is 2. The lowest BCUT2D eigenvalue weighted by molar-refractivity contribution is -0.123. The number of aromatic amines is 1. The summed E-state index contributed by atoms with van der Waals surface area (Å²) in [7, 11) is 0. The van der Waals surface area contributed by atoms with Crippen LogP contribution in [0.2, 0.25) is 0 Å². The third-order valence-corrected chi connectivity index (χ3v) is 6.72. The molecule has 1 saturated heterocycles. The van der Waals surface area contributed by atoms with Gasteiger partial charge in [-0.15, -0.1) is 0 Å². The summed E-state index contributed by atoms with van der Waals surface area (Å²) in [5.41, 5.74) is 0.835. The first-order valence-corrected chi connectivity index (χ1v) is 11.9. The molecule has 3 N–H and O–H groups in total. The van der Waals surface area contributed by atoms with E-state index in [1.54, 1.807) is 0 Å². The fourth-order valence-electron chi connectivity index (χ4n) is 4.83. The van der Waals surface area contributed by atoms with Crippen LogP contribution in [0, 0.1) is 17.6 Å². The van der Waals surface area contributed by atoms with Crippen LogP contribution in [0.25, 0.3) is 0 Å². The van der Waals surface area contributed by atoms with E-state index in [2.05, 4.69) is 32.7 Å². The lowest BCUT2D eigenvalue weighted by Gasteiger charge is -2.33. The zero-order valence-corrected chi connectivity index (χ0v) is 19.4.